The van der Waals surface area contributed by atoms with E-state index in [1.54, 1.807) is 7.11 Å². The van der Waals surface area contributed by atoms with E-state index in [1.807, 2.05) is 0 Å². The molecule has 0 aromatic heterocycles. The van der Waals surface area contributed by atoms with Gasteiger partial charge in [0.05, 0.1) is 12.8 Å². The van der Waals surface area contributed by atoms with Crippen LogP contribution in [0.1, 0.15) is 166 Å². The maximum absolute atomic E-state index is 13.8. The number of carbonyl (C=O) groups excluding carboxylic acids is 1. The van der Waals surface area contributed by atoms with Crippen molar-refractivity contribution in [2.45, 2.75) is 162 Å². The summed E-state index contributed by atoms with van der Waals surface area (Å²) in [5, 5.41) is 2.18. The van der Waals surface area contributed by atoms with Gasteiger partial charge < -0.3 is 33.6 Å². The van der Waals surface area contributed by atoms with Crippen molar-refractivity contribution >= 4 is 40.1 Å². The van der Waals surface area contributed by atoms with Crippen LogP contribution < -0.4 is 24.2 Å². The Balaban J connectivity index is 0.678. The van der Waals surface area contributed by atoms with Crippen molar-refractivity contribution in [3.8, 4) is 22.6 Å². The van der Waals surface area contributed by atoms with Crippen molar-refractivity contribution in [3.63, 3.8) is 0 Å². The Morgan fingerprint density at radius 3 is 2.00 bits per heavy atom. The average molecular weight is 1150 g/mol. The number of piperidine rings is 1. The molecule has 14 rings (SSSR count). The minimum Gasteiger partial charge on any atom is -0.495 e. The molecule has 6 aromatic rings. The number of hydrogen-bond donors (Lipinski definition) is 0. The van der Waals surface area contributed by atoms with Gasteiger partial charge in [0, 0.05) is 91.0 Å². The molecule has 6 fully saturated rings. The van der Waals surface area contributed by atoms with Gasteiger partial charge in [-0.2, -0.15) is 0 Å². The number of piperazine rings is 1. The minimum atomic E-state index is -0.898. The van der Waals surface area contributed by atoms with Gasteiger partial charge >= 0.3 is 6.16 Å². The largest absolute Gasteiger partial charge is 0.508 e. The van der Waals surface area contributed by atoms with E-state index in [1.165, 1.54) is 91.4 Å². The molecule has 0 N–H and O–H groups in total. The number of para-hydroxylation sites is 1. The minimum absolute atomic E-state index is 0.0618. The highest BCUT2D eigenvalue weighted by molar-refractivity contribution is 6.10. The maximum Gasteiger partial charge on any atom is 0.508 e. The molecule has 10 unspecified atom stereocenters. The van der Waals surface area contributed by atoms with Crippen LogP contribution in [0.3, 0.4) is 0 Å². The van der Waals surface area contributed by atoms with E-state index >= 15 is 0 Å². The number of methoxy groups -OCH3 is 1. The molecule has 0 radical (unpaired) electrons. The maximum atomic E-state index is 13.8. The zero-order chi connectivity index (χ0) is 59.1. The molecule has 6 aromatic carbocycles. The lowest BCUT2D eigenvalue weighted by molar-refractivity contribution is -0.133. The molecule has 3 heterocycles. The molecule has 4 saturated carbocycles. The predicted molar refractivity (Wildman–Crippen MR) is 352 cm³/mol. The molecule has 3 aliphatic heterocycles. The summed E-state index contributed by atoms with van der Waals surface area (Å²) >= 11 is 0. The van der Waals surface area contributed by atoms with Crippen LogP contribution in [0, 0.1) is 52.3 Å². The van der Waals surface area contributed by atoms with Crippen LogP contribution >= 0.6 is 0 Å². The number of benzene rings is 6. The number of ether oxygens (including phenoxy) is 4. The second kappa shape index (κ2) is 22.6. The summed E-state index contributed by atoms with van der Waals surface area (Å²) in [6, 6.07) is 44.2. The monoisotopic (exact) mass is 1150 g/mol. The van der Waals surface area contributed by atoms with Crippen molar-refractivity contribution < 1.29 is 23.7 Å². The standard InChI is InChI=1S/C78H95N3O5/c1-51(2)18-17-19-52(3)65-32-33-67-60-31-28-55-48-59(34-39-76(55,6)68(60)36-40-77(65,67)7)85-74(82)84-58-37-42-81(43-38-58)69-49-63-64(50-70(69)83-8)73-62(72-71(63)61-24-15-16-25-66(61)75(72,4)5)35-41-78(86-73,53-20-11-9-12-21-53)54-26-29-57(30-27-54)80-46-44-79(45-47-80)56-22-13-10-14-23-56/h9-16,20-27,29-30,35,41,49-52,55,58-60,65,67-68H,17-19,28,31-34,36-40,42-48H2,1-8H3. The van der Waals surface area contributed by atoms with Gasteiger partial charge in [-0.05, 0) is 180 Å². The lowest BCUT2D eigenvalue weighted by atomic mass is 9.44. The summed E-state index contributed by atoms with van der Waals surface area (Å²) in [7, 11) is 1.79. The number of nitrogens with zero attached hydrogens (tertiary/aromatic N) is 3. The van der Waals surface area contributed by atoms with Gasteiger partial charge in [-0.25, -0.2) is 4.79 Å². The smallest absolute Gasteiger partial charge is 0.495 e. The molecule has 5 aliphatic carbocycles. The molecule has 2 saturated heterocycles. The van der Waals surface area contributed by atoms with Gasteiger partial charge in [-0.1, -0.05) is 159 Å². The highest BCUT2D eigenvalue weighted by Gasteiger charge is 2.61. The van der Waals surface area contributed by atoms with Crippen LogP contribution in [-0.4, -0.2) is 64.7 Å². The Morgan fingerprint density at radius 1 is 0.628 bits per heavy atom. The van der Waals surface area contributed by atoms with Crippen LogP contribution in [0.2, 0.25) is 0 Å². The first kappa shape index (κ1) is 57.3. The van der Waals surface area contributed by atoms with E-state index in [9.17, 15) is 4.79 Å². The highest BCUT2D eigenvalue weighted by atomic mass is 16.7. The Morgan fingerprint density at radius 2 is 1.28 bits per heavy atom. The van der Waals surface area contributed by atoms with Crippen LogP contribution in [-0.2, 0) is 20.5 Å². The third-order valence-electron chi connectivity index (χ3n) is 24.2. The van der Waals surface area contributed by atoms with Gasteiger partial charge in [0.25, 0.3) is 0 Å². The molecular weight excluding hydrogens is 1060 g/mol. The Hall–Kier alpha value is -6.41. The summed E-state index contributed by atoms with van der Waals surface area (Å²) in [6.45, 7) is 22.8. The molecule has 10 atom stereocenters. The third-order valence-corrected chi connectivity index (χ3v) is 24.2. The van der Waals surface area contributed by atoms with E-state index < -0.39 is 11.8 Å². The van der Waals surface area contributed by atoms with E-state index in [0.29, 0.717) is 16.7 Å². The van der Waals surface area contributed by atoms with Gasteiger partial charge in [-0.15, -0.1) is 0 Å². The van der Waals surface area contributed by atoms with E-state index in [2.05, 4.69) is 197 Å². The SMILES string of the molecule is COc1cc2c3c(c4c(c2cc1N1CCC(OC(=O)OC2CCC5(C)C(CCC6C5CCC5(C)C(C(C)CCCC(C)C)CCC65)C2)CC1)-c1ccccc1C4(C)C)C=CC(c1ccccc1)(c1ccc(N2CCN(c4ccccc4)CC2)cc1)O3. The number of anilines is 3. The molecule has 0 bridgehead atoms. The zero-order valence-electron chi connectivity index (χ0n) is 52.9. The van der Waals surface area contributed by atoms with Gasteiger partial charge in [0.15, 0.2) is 5.60 Å². The van der Waals surface area contributed by atoms with Crippen molar-refractivity contribution in [1.82, 2.24) is 0 Å². The van der Waals surface area contributed by atoms with Crippen LogP contribution in [0.25, 0.3) is 28.0 Å². The normalized spacial score (nSPS) is 29.5. The fourth-order valence-electron chi connectivity index (χ4n) is 19.7. The van der Waals surface area contributed by atoms with Gasteiger partial charge in [0.1, 0.15) is 23.7 Å². The number of rotatable bonds is 13. The molecule has 8 nitrogen and oxygen atoms in total. The van der Waals surface area contributed by atoms with E-state index in [-0.39, 0.29) is 17.6 Å². The third kappa shape index (κ3) is 9.79. The molecule has 86 heavy (non-hydrogen) atoms. The molecule has 0 spiro atoms. The topological polar surface area (TPSA) is 63.7 Å². The highest BCUT2D eigenvalue weighted by Crippen LogP contribution is 2.69. The van der Waals surface area contributed by atoms with Gasteiger partial charge in [0.2, 0.25) is 0 Å². The zero-order valence-corrected chi connectivity index (χ0v) is 52.9. The Labute approximate surface area is 514 Å². The van der Waals surface area contributed by atoms with Crippen LogP contribution in [0.4, 0.5) is 21.9 Å². The fourth-order valence-corrected chi connectivity index (χ4v) is 19.7. The number of carbonyl (C=O) groups is 1. The first-order chi connectivity index (χ1) is 41.7. The molecule has 8 heteroatoms. The summed E-state index contributed by atoms with van der Waals surface area (Å²) < 4.78 is 26.8. The summed E-state index contributed by atoms with van der Waals surface area (Å²) in [6.07, 6.45) is 20.9. The number of fused-ring (bicyclic) bond motifs is 13. The van der Waals surface area contributed by atoms with Crippen LogP contribution in [0.15, 0.2) is 127 Å². The second-order valence-electron chi connectivity index (χ2n) is 29.4. The Bertz CT molecular complexity index is 3470. The van der Waals surface area contributed by atoms with Crippen LogP contribution in [0.5, 0.6) is 11.5 Å². The van der Waals surface area contributed by atoms with Crippen molar-refractivity contribution in [1.29, 1.82) is 0 Å². The fraction of sp³-hybridized carbons (Fsp3) is 0.526. The van der Waals surface area contributed by atoms with Gasteiger partial charge in [-0.3, -0.25) is 0 Å². The van der Waals surface area contributed by atoms with E-state index in [0.717, 1.165) is 152 Å². The first-order valence-electron chi connectivity index (χ1n) is 33.7. The number of hydrogen-bond acceptors (Lipinski definition) is 8. The summed E-state index contributed by atoms with van der Waals surface area (Å²) in [5.41, 5.74) is 11.6. The predicted octanol–water partition coefficient (Wildman–Crippen LogP) is 18.4. The van der Waals surface area contributed by atoms with Crippen molar-refractivity contribution in [2.24, 2.45) is 52.3 Å². The Kier molecular flexibility index (Phi) is 15.1. The molecule has 452 valence electrons. The molecular formula is C78H95N3O5. The lowest BCUT2D eigenvalue weighted by Crippen LogP contribution is -2.54. The summed E-state index contributed by atoms with van der Waals surface area (Å²) in [5.74, 6) is 7.37. The quantitative estimate of drug-likeness (QED) is 0.106. The molecule has 0 amide bonds. The van der Waals surface area contributed by atoms with E-state index in [4.69, 9.17) is 18.9 Å². The lowest BCUT2D eigenvalue weighted by Gasteiger charge is -2.61. The van der Waals surface area contributed by atoms with Crippen molar-refractivity contribution in [2.75, 3.05) is 61.1 Å². The van der Waals surface area contributed by atoms with Crippen molar-refractivity contribution in [3.05, 3.63) is 155 Å². The average Bonchev–Trinajstić information content (AvgIpc) is 1.46. The second-order valence-corrected chi connectivity index (χ2v) is 29.4. The summed E-state index contributed by atoms with van der Waals surface area (Å²) in [4.78, 5) is 21.3. The first-order valence-corrected chi connectivity index (χ1v) is 33.7. The molecule has 8 aliphatic rings.